The number of nitrogen functional groups attached to an aromatic ring is 1. The predicted molar refractivity (Wildman–Crippen MR) is 57.9 cm³/mol. The number of anilines is 1. The van der Waals surface area contributed by atoms with Crippen molar-refractivity contribution in [2.45, 2.75) is 19.5 Å². The van der Waals surface area contributed by atoms with Gasteiger partial charge in [-0.2, -0.15) is 9.97 Å². The van der Waals surface area contributed by atoms with Crippen molar-refractivity contribution < 1.29 is 5.11 Å². The minimum atomic E-state index is -0.470. The monoisotopic (exact) mass is 224 g/mol. The number of H-pyrrole nitrogens is 1. The van der Waals surface area contributed by atoms with E-state index in [2.05, 4.69) is 15.0 Å². The molecule has 0 aliphatic heterocycles. The highest BCUT2D eigenvalue weighted by Gasteiger charge is 2.13. The molecule has 0 radical (unpaired) electrons. The first-order chi connectivity index (χ1) is 7.49. The van der Waals surface area contributed by atoms with Gasteiger partial charge in [-0.15, -0.1) is 0 Å². The largest absolute Gasteiger partial charge is 0.479 e. The number of imidazole rings is 1. The summed E-state index contributed by atoms with van der Waals surface area (Å²) in [4.78, 5) is 21.4. The van der Waals surface area contributed by atoms with Crippen molar-refractivity contribution in [3.05, 3.63) is 10.5 Å². The molecule has 8 heteroatoms. The fourth-order valence-corrected chi connectivity index (χ4v) is 1.50. The summed E-state index contributed by atoms with van der Waals surface area (Å²) in [6, 6.07) is -0.683. The third-order valence-corrected chi connectivity index (χ3v) is 2.11. The van der Waals surface area contributed by atoms with E-state index in [1.807, 2.05) is 0 Å². The molecule has 0 saturated heterocycles. The summed E-state index contributed by atoms with van der Waals surface area (Å²) in [6.45, 7) is 2.05. The van der Waals surface area contributed by atoms with E-state index in [0.717, 1.165) is 0 Å². The zero-order chi connectivity index (χ0) is 11.9. The highest BCUT2D eigenvalue weighted by molar-refractivity contribution is 5.81. The van der Waals surface area contributed by atoms with Crippen LogP contribution in [0.5, 0.6) is 6.01 Å². The van der Waals surface area contributed by atoms with Gasteiger partial charge in [-0.05, 0) is 6.92 Å². The van der Waals surface area contributed by atoms with Gasteiger partial charge in [-0.3, -0.25) is 4.57 Å². The topological polar surface area (TPSA) is 136 Å². The molecule has 0 saturated carbocycles. The van der Waals surface area contributed by atoms with Crippen molar-refractivity contribution in [2.75, 3.05) is 5.73 Å². The van der Waals surface area contributed by atoms with Crippen molar-refractivity contribution in [1.82, 2.24) is 19.5 Å². The van der Waals surface area contributed by atoms with Crippen LogP contribution in [0.3, 0.4) is 0 Å². The van der Waals surface area contributed by atoms with E-state index in [1.54, 1.807) is 6.92 Å². The van der Waals surface area contributed by atoms with Crippen LogP contribution in [0, 0.1) is 0 Å². The van der Waals surface area contributed by atoms with Gasteiger partial charge in [-0.1, -0.05) is 0 Å². The summed E-state index contributed by atoms with van der Waals surface area (Å²) in [5, 5.41) is 9.22. The molecule has 2 rings (SSSR count). The number of aromatic amines is 1. The van der Waals surface area contributed by atoms with Gasteiger partial charge in [0.05, 0.1) is 0 Å². The van der Waals surface area contributed by atoms with Crippen LogP contribution in [0.25, 0.3) is 11.2 Å². The zero-order valence-corrected chi connectivity index (χ0v) is 8.64. The summed E-state index contributed by atoms with van der Waals surface area (Å²) in [5.41, 5.74) is 11.3. The fraction of sp³-hybridized carbons (Fsp3) is 0.375. The molecule has 6 N–H and O–H groups in total. The summed E-state index contributed by atoms with van der Waals surface area (Å²) in [7, 11) is 0. The number of aromatic nitrogens is 4. The first-order valence-electron chi connectivity index (χ1n) is 4.69. The van der Waals surface area contributed by atoms with Crippen LogP contribution in [-0.2, 0) is 6.54 Å². The molecule has 16 heavy (non-hydrogen) atoms. The van der Waals surface area contributed by atoms with E-state index in [-0.39, 0.29) is 29.7 Å². The highest BCUT2D eigenvalue weighted by atomic mass is 16.3. The second kappa shape index (κ2) is 3.49. The Balaban J connectivity index is 2.73. The van der Waals surface area contributed by atoms with Crippen LogP contribution >= 0.6 is 0 Å². The first-order valence-corrected chi connectivity index (χ1v) is 4.69. The molecule has 8 nitrogen and oxygen atoms in total. The van der Waals surface area contributed by atoms with Crippen molar-refractivity contribution in [2.24, 2.45) is 5.73 Å². The van der Waals surface area contributed by atoms with Gasteiger partial charge in [-0.25, -0.2) is 4.79 Å². The van der Waals surface area contributed by atoms with E-state index in [1.165, 1.54) is 4.57 Å². The number of rotatable bonds is 2. The van der Waals surface area contributed by atoms with E-state index >= 15 is 0 Å². The van der Waals surface area contributed by atoms with E-state index in [9.17, 15) is 9.90 Å². The highest BCUT2D eigenvalue weighted by Crippen LogP contribution is 2.16. The van der Waals surface area contributed by atoms with Gasteiger partial charge >= 0.3 is 11.7 Å². The number of nitrogens with zero attached hydrogens (tertiary/aromatic N) is 3. The van der Waals surface area contributed by atoms with Gasteiger partial charge in [0.15, 0.2) is 11.5 Å². The molecule has 0 bridgehead atoms. The average Bonchev–Trinajstić information content (AvgIpc) is 2.45. The molecule has 86 valence electrons. The molecule has 2 heterocycles. The van der Waals surface area contributed by atoms with Crippen molar-refractivity contribution in [1.29, 1.82) is 0 Å². The number of nitrogens with two attached hydrogens (primary N) is 2. The number of nitrogens with one attached hydrogen (secondary N) is 1. The third kappa shape index (κ3) is 1.58. The number of fused-ring (bicyclic) bond motifs is 1. The van der Waals surface area contributed by atoms with Crippen LogP contribution in [0.4, 0.5) is 5.82 Å². The molecular weight excluding hydrogens is 212 g/mol. The van der Waals surface area contributed by atoms with Crippen LogP contribution in [0.15, 0.2) is 4.79 Å². The van der Waals surface area contributed by atoms with Gasteiger partial charge in [0.2, 0.25) is 0 Å². The maximum atomic E-state index is 11.6. The number of hydrogen-bond acceptors (Lipinski definition) is 6. The van der Waals surface area contributed by atoms with Crippen molar-refractivity contribution >= 4 is 17.0 Å². The van der Waals surface area contributed by atoms with Gasteiger partial charge in [0, 0.05) is 12.6 Å². The summed E-state index contributed by atoms with van der Waals surface area (Å²) < 4.78 is 1.32. The van der Waals surface area contributed by atoms with Crippen molar-refractivity contribution in [3.8, 4) is 6.01 Å². The Labute approximate surface area is 89.9 Å². The lowest BCUT2D eigenvalue weighted by atomic mass is 10.3. The van der Waals surface area contributed by atoms with Gasteiger partial charge < -0.3 is 21.6 Å². The standard InChI is InChI=1S/C8H12N6O2/c1-3(9)2-14-6-4(11-8(14)16)5(10)12-7(15)13-6/h3H,2,9H2,1H3,(H,11,16)(H3,10,12,13,15). The molecule has 0 aliphatic rings. The van der Waals surface area contributed by atoms with E-state index in [4.69, 9.17) is 11.5 Å². The fourth-order valence-electron chi connectivity index (χ4n) is 1.50. The Bertz CT molecular complexity index is 584. The smallest absolute Gasteiger partial charge is 0.327 e. The summed E-state index contributed by atoms with van der Waals surface area (Å²) in [6.07, 6.45) is 0. The van der Waals surface area contributed by atoms with Gasteiger partial charge in [0.25, 0.3) is 0 Å². The minimum absolute atomic E-state index is 0.0306. The number of aromatic hydroxyl groups is 1. The minimum Gasteiger partial charge on any atom is -0.479 e. The third-order valence-electron chi connectivity index (χ3n) is 2.11. The Morgan fingerprint density at radius 2 is 2.25 bits per heavy atom. The first kappa shape index (κ1) is 10.4. The maximum absolute atomic E-state index is 11.6. The SMILES string of the molecule is CC(N)Cn1c(=O)[nH]c2c(N)nc(O)nc21. The van der Waals surface area contributed by atoms with Crippen LogP contribution in [-0.4, -0.2) is 30.7 Å². The molecule has 1 atom stereocenters. The number of hydrogen-bond donors (Lipinski definition) is 4. The van der Waals surface area contributed by atoms with Crippen LogP contribution in [0.2, 0.25) is 0 Å². The molecule has 0 aromatic carbocycles. The van der Waals surface area contributed by atoms with Crippen LogP contribution in [0.1, 0.15) is 6.92 Å². The molecule has 0 spiro atoms. The Hall–Kier alpha value is -2.09. The molecule has 1 unspecified atom stereocenters. The van der Waals surface area contributed by atoms with Crippen LogP contribution < -0.4 is 17.2 Å². The summed E-state index contributed by atoms with van der Waals surface area (Å²) >= 11 is 0. The summed E-state index contributed by atoms with van der Waals surface area (Å²) in [5.74, 6) is 0.0306. The van der Waals surface area contributed by atoms with Crippen molar-refractivity contribution in [3.63, 3.8) is 0 Å². The average molecular weight is 224 g/mol. The quantitative estimate of drug-likeness (QED) is 0.503. The predicted octanol–water partition coefficient (Wildman–Crippen LogP) is -1.25. The maximum Gasteiger partial charge on any atom is 0.327 e. The lowest BCUT2D eigenvalue weighted by molar-refractivity contribution is 0.432. The Kier molecular flexibility index (Phi) is 2.27. The molecule has 2 aromatic heterocycles. The normalized spacial score (nSPS) is 13.1. The van der Waals surface area contributed by atoms with Gasteiger partial charge in [0.1, 0.15) is 5.52 Å². The second-order valence-electron chi connectivity index (χ2n) is 3.63. The zero-order valence-electron chi connectivity index (χ0n) is 8.64. The Morgan fingerprint density at radius 1 is 1.56 bits per heavy atom. The van der Waals surface area contributed by atoms with E-state index in [0.29, 0.717) is 5.52 Å². The lowest BCUT2D eigenvalue weighted by Crippen LogP contribution is -2.28. The lowest BCUT2D eigenvalue weighted by Gasteiger charge is -2.05. The molecule has 2 aromatic rings. The molecule has 0 fully saturated rings. The Morgan fingerprint density at radius 3 is 2.88 bits per heavy atom. The molecule has 0 amide bonds. The van der Waals surface area contributed by atoms with E-state index < -0.39 is 6.01 Å². The molecular formula is C8H12N6O2. The molecule has 0 aliphatic carbocycles. The second-order valence-corrected chi connectivity index (χ2v) is 3.63.